The third kappa shape index (κ3) is 5.60. The number of carbonyl (C=O) groups excluding carboxylic acids is 1. The van der Waals surface area contributed by atoms with Crippen LogP contribution in [0, 0.1) is 13.8 Å². The fourth-order valence-corrected chi connectivity index (χ4v) is 4.65. The molecule has 1 saturated heterocycles. The fraction of sp³-hybridized carbons (Fsp3) is 0.435. The van der Waals surface area contributed by atoms with Crippen molar-refractivity contribution in [2.24, 2.45) is 0 Å². The Labute approximate surface area is 166 Å². The highest BCUT2D eigenvalue weighted by Crippen LogP contribution is 2.34. The molecule has 2 aromatic rings. The van der Waals surface area contributed by atoms with Crippen molar-refractivity contribution in [1.82, 2.24) is 5.32 Å². The summed E-state index contributed by atoms with van der Waals surface area (Å²) in [4.78, 5) is 12.4. The molecular weight excluding hydrogens is 354 g/mol. The lowest BCUT2D eigenvalue weighted by Gasteiger charge is -2.38. The third-order valence-electron chi connectivity index (χ3n) is 5.24. The average molecular weight is 384 g/mol. The van der Waals surface area contributed by atoms with Crippen molar-refractivity contribution < 1.29 is 9.53 Å². The number of rotatable bonds is 7. The molecule has 1 aliphatic heterocycles. The molecule has 1 aliphatic rings. The molecule has 0 radical (unpaired) electrons. The number of amides is 1. The summed E-state index contributed by atoms with van der Waals surface area (Å²) in [5.74, 6) is 1.48. The number of nitrogens with one attached hydrogen (secondary N) is 1. The maximum atomic E-state index is 12.4. The zero-order valence-corrected chi connectivity index (χ0v) is 17.1. The van der Waals surface area contributed by atoms with Gasteiger partial charge in [-0.2, -0.15) is 0 Å². The van der Waals surface area contributed by atoms with Gasteiger partial charge in [0, 0.05) is 30.9 Å². The predicted octanol–water partition coefficient (Wildman–Crippen LogP) is 4.40. The first-order valence-corrected chi connectivity index (χ1v) is 10.8. The van der Waals surface area contributed by atoms with E-state index in [-0.39, 0.29) is 11.3 Å². The zero-order chi connectivity index (χ0) is 19.1. The molecule has 0 spiro atoms. The Morgan fingerprint density at radius 1 is 1.07 bits per heavy atom. The first-order chi connectivity index (χ1) is 13.1. The van der Waals surface area contributed by atoms with Crippen molar-refractivity contribution in [3.05, 3.63) is 70.8 Å². The Morgan fingerprint density at radius 3 is 2.41 bits per heavy atom. The molecular formula is C23H29NO2S. The van der Waals surface area contributed by atoms with Gasteiger partial charge in [0.15, 0.2) is 0 Å². The monoisotopic (exact) mass is 383 g/mol. The van der Waals surface area contributed by atoms with Crippen LogP contribution in [0.1, 0.15) is 35.1 Å². The molecule has 0 atom stereocenters. The molecule has 1 amide bonds. The van der Waals surface area contributed by atoms with Crippen LogP contribution in [0.5, 0.6) is 0 Å². The normalized spacial score (nSPS) is 16.1. The summed E-state index contributed by atoms with van der Waals surface area (Å²) < 4.78 is 5.57. The molecule has 3 nitrogen and oxygen atoms in total. The van der Waals surface area contributed by atoms with E-state index in [1.807, 2.05) is 6.07 Å². The molecule has 1 N–H and O–H groups in total. The lowest BCUT2D eigenvalue weighted by molar-refractivity contribution is -0.119. The fourth-order valence-electron chi connectivity index (χ4n) is 3.85. The largest absolute Gasteiger partial charge is 0.381 e. The summed E-state index contributed by atoms with van der Waals surface area (Å²) in [5, 5.41) is 3.19. The van der Waals surface area contributed by atoms with Crippen LogP contribution < -0.4 is 5.32 Å². The summed E-state index contributed by atoms with van der Waals surface area (Å²) in [6.07, 6.45) is 1.90. The minimum Gasteiger partial charge on any atom is -0.381 e. The summed E-state index contributed by atoms with van der Waals surface area (Å²) in [5.41, 5.74) is 5.14. The molecule has 0 aliphatic carbocycles. The van der Waals surface area contributed by atoms with Crippen LogP contribution in [-0.4, -0.2) is 31.4 Å². The van der Waals surface area contributed by atoms with Gasteiger partial charge in [-0.05, 0) is 37.8 Å². The van der Waals surface area contributed by atoms with Gasteiger partial charge in [0.25, 0.3) is 0 Å². The van der Waals surface area contributed by atoms with Gasteiger partial charge in [0.2, 0.25) is 5.91 Å². The van der Waals surface area contributed by atoms with E-state index < -0.39 is 0 Å². The van der Waals surface area contributed by atoms with Crippen LogP contribution in [0.15, 0.2) is 48.5 Å². The second kappa shape index (κ2) is 9.43. The van der Waals surface area contributed by atoms with Gasteiger partial charge in [0.1, 0.15) is 0 Å². The van der Waals surface area contributed by atoms with Gasteiger partial charge >= 0.3 is 0 Å². The Kier molecular flexibility index (Phi) is 6.97. The Balaban J connectivity index is 1.52. The SMILES string of the molecule is Cc1cc(C)cc(CSCC(=O)NCC2(c3ccccc3)CCOCC2)c1. The van der Waals surface area contributed by atoms with E-state index in [2.05, 4.69) is 61.6 Å². The van der Waals surface area contributed by atoms with Crippen LogP contribution in [-0.2, 0) is 20.7 Å². The van der Waals surface area contributed by atoms with E-state index >= 15 is 0 Å². The highest BCUT2D eigenvalue weighted by molar-refractivity contribution is 7.99. The maximum absolute atomic E-state index is 12.4. The minimum atomic E-state index is -0.00646. The highest BCUT2D eigenvalue weighted by Gasteiger charge is 2.34. The summed E-state index contributed by atoms with van der Waals surface area (Å²) in [6, 6.07) is 17.1. The Hall–Kier alpha value is -1.78. The van der Waals surface area contributed by atoms with E-state index in [0.717, 1.165) is 31.8 Å². The molecule has 4 heteroatoms. The lowest BCUT2D eigenvalue weighted by atomic mass is 9.74. The molecule has 0 aromatic heterocycles. The number of ether oxygens (including phenoxy) is 1. The van der Waals surface area contributed by atoms with Crippen molar-refractivity contribution in [2.75, 3.05) is 25.5 Å². The molecule has 2 aromatic carbocycles. The van der Waals surface area contributed by atoms with Gasteiger partial charge in [0.05, 0.1) is 5.75 Å². The molecule has 144 valence electrons. The Bertz CT molecular complexity index is 734. The number of carbonyl (C=O) groups is 1. The van der Waals surface area contributed by atoms with Gasteiger partial charge < -0.3 is 10.1 Å². The zero-order valence-electron chi connectivity index (χ0n) is 16.3. The second-order valence-electron chi connectivity index (χ2n) is 7.52. The van der Waals surface area contributed by atoms with Crippen molar-refractivity contribution in [2.45, 2.75) is 37.9 Å². The van der Waals surface area contributed by atoms with Gasteiger partial charge in [-0.3, -0.25) is 4.79 Å². The molecule has 0 bridgehead atoms. The summed E-state index contributed by atoms with van der Waals surface area (Å²) in [6.45, 7) is 6.43. The van der Waals surface area contributed by atoms with Crippen LogP contribution in [0.4, 0.5) is 0 Å². The van der Waals surface area contributed by atoms with Crippen molar-refractivity contribution in [3.63, 3.8) is 0 Å². The second-order valence-corrected chi connectivity index (χ2v) is 8.51. The first kappa shape index (κ1) is 20.0. The molecule has 0 unspecified atom stereocenters. The van der Waals surface area contributed by atoms with E-state index in [1.54, 1.807) is 11.8 Å². The molecule has 0 saturated carbocycles. The van der Waals surface area contributed by atoms with Crippen LogP contribution >= 0.6 is 11.8 Å². The molecule has 1 fully saturated rings. The van der Waals surface area contributed by atoms with Crippen LogP contribution in [0.3, 0.4) is 0 Å². The summed E-state index contributed by atoms with van der Waals surface area (Å²) >= 11 is 1.68. The van der Waals surface area contributed by atoms with E-state index in [0.29, 0.717) is 12.3 Å². The van der Waals surface area contributed by atoms with E-state index in [1.165, 1.54) is 22.3 Å². The highest BCUT2D eigenvalue weighted by atomic mass is 32.2. The first-order valence-electron chi connectivity index (χ1n) is 9.62. The van der Waals surface area contributed by atoms with Crippen molar-refractivity contribution in [1.29, 1.82) is 0 Å². The number of aryl methyl sites for hydroxylation is 2. The molecule has 1 heterocycles. The Morgan fingerprint density at radius 2 is 1.74 bits per heavy atom. The quantitative estimate of drug-likeness (QED) is 0.770. The number of hydrogen-bond acceptors (Lipinski definition) is 3. The number of benzene rings is 2. The third-order valence-corrected chi connectivity index (χ3v) is 6.25. The van der Waals surface area contributed by atoms with Crippen LogP contribution in [0.2, 0.25) is 0 Å². The van der Waals surface area contributed by atoms with Gasteiger partial charge in [-0.25, -0.2) is 0 Å². The van der Waals surface area contributed by atoms with Crippen LogP contribution in [0.25, 0.3) is 0 Å². The molecule has 27 heavy (non-hydrogen) atoms. The van der Waals surface area contributed by atoms with Crippen molar-refractivity contribution in [3.8, 4) is 0 Å². The van der Waals surface area contributed by atoms with Gasteiger partial charge in [-0.15, -0.1) is 11.8 Å². The standard InChI is InChI=1S/C23H29NO2S/c1-18-12-19(2)14-20(13-18)15-27-16-22(25)24-17-23(8-10-26-11-9-23)21-6-4-3-5-7-21/h3-7,12-14H,8-11,15-17H2,1-2H3,(H,24,25). The topological polar surface area (TPSA) is 38.3 Å². The minimum absolute atomic E-state index is 0.00646. The van der Waals surface area contributed by atoms with Crippen molar-refractivity contribution >= 4 is 17.7 Å². The smallest absolute Gasteiger partial charge is 0.230 e. The number of hydrogen-bond donors (Lipinski definition) is 1. The average Bonchev–Trinajstić information content (AvgIpc) is 2.67. The van der Waals surface area contributed by atoms with Gasteiger partial charge in [-0.1, -0.05) is 59.7 Å². The predicted molar refractivity (Wildman–Crippen MR) is 113 cm³/mol. The maximum Gasteiger partial charge on any atom is 0.230 e. The lowest BCUT2D eigenvalue weighted by Crippen LogP contribution is -2.45. The number of thioether (sulfide) groups is 1. The summed E-state index contributed by atoms with van der Waals surface area (Å²) in [7, 11) is 0. The van der Waals surface area contributed by atoms with E-state index in [9.17, 15) is 4.79 Å². The van der Waals surface area contributed by atoms with E-state index in [4.69, 9.17) is 4.74 Å². The molecule has 3 rings (SSSR count).